The van der Waals surface area contributed by atoms with Gasteiger partial charge in [-0.05, 0) is 25.5 Å². The molecule has 0 saturated heterocycles. The van der Waals surface area contributed by atoms with Gasteiger partial charge in [-0.2, -0.15) is 0 Å². The van der Waals surface area contributed by atoms with E-state index in [0.29, 0.717) is 47.5 Å². The molecule has 1 amide bonds. The molecule has 2 aromatic rings. The molecule has 2 aliphatic heterocycles. The Morgan fingerprint density at radius 1 is 1.36 bits per heavy atom. The van der Waals surface area contributed by atoms with Crippen molar-refractivity contribution in [3.8, 4) is 17.2 Å². The predicted molar refractivity (Wildman–Crippen MR) is 100.0 cm³/mol. The van der Waals surface area contributed by atoms with Crippen molar-refractivity contribution in [3.05, 3.63) is 40.5 Å². The van der Waals surface area contributed by atoms with Gasteiger partial charge in [-0.25, -0.2) is 4.98 Å². The molecule has 7 nitrogen and oxygen atoms in total. The molecule has 1 saturated carbocycles. The van der Waals surface area contributed by atoms with Crippen molar-refractivity contribution in [2.45, 2.75) is 31.8 Å². The number of hydrogen-bond donors (Lipinski definition) is 1. The predicted octanol–water partition coefficient (Wildman–Crippen LogP) is 3.45. The van der Waals surface area contributed by atoms with Gasteiger partial charge in [0.15, 0.2) is 0 Å². The molecule has 3 aliphatic rings. The van der Waals surface area contributed by atoms with Gasteiger partial charge in [0.05, 0.1) is 11.6 Å². The summed E-state index contributed by atoms with van der Waals surface area (Å²) in [7, 11) is 0. The van der Waals surface area contributed by atoms with Crippen molar-refractivity contribution < 1.29 is 23.8 Å². The van der Waals surface area contributed by atoms with E-state index in [1.807, 2.05) is 6.07 Å². The zero-order chi connectivity index (χ0) is 19.4. The van der Waals surface area contributed by atoms with Crippen LogP contribution in [-0.4, -0.2) is 29.6 Å². The van der Waals surface area contributed by atoms with Crippen LogP contribution < -0.4 is 14.8 Å². The summed E-state index contributed by atoms with van der Waals surface area (Å²) in [5.74, 6) is 1.67. The number of pyridine rings is 1. The van der Waals surface area contributed by atoms with Crippen LogP contribution >= 0.6 is 11.6 Å². The Bertz CT molecular complexity index is 1010. The van der Waals surface area contributed by atoms with E-state index in [1.165, 1.54) is 0 Å². The largest absolute Gasteiger partial charge is 0.488 e. The Kier molecular flexibility index (Phi) is 3.94. The number of amides is 1. The molecule has 0 bridgehead atoms. The quantitative estimate of drug-likeness (QED) is 0.791. The van der Waals surface area contributed by atoms with Gasteiger partial charge in [0.2, 0.25) is 5.91 Å². The van der Waals surface area contributed by atoms with Gasteiger partial charge in [0.1, 0.15) is 35.1 Å². The minimum atomic E-state index is -0.273. The third-order valence-electron chi connectivity index (χ3n) is 5.29. The van der Waals surface area contributed by atoms with Crippen molar-refractivity contribution in [2.75, 3.05) is 11.9 Å². The molecule has 144 valence electrons. The Morgan fingerprint density at radius 3 is 3.04 bits per heavy atom. The van der Waals surface area contributed by atoms with Crippen LogP contribution in [0, 0.1) is 5.92 Å². The first-order valence-electron chi connectivity index (χ1n) is 9.19. The lowest BCUT2D eigenvalue weighted by Gasteiger charge is -2.19. The summed E-state index contributed by atoms with van der Waals surface area (Å²) in [5, 5.41) is 3.17. The van der Waals surface area contributed by atoms with E-state index in [1.54, 1.807) is 25.3 Å². The number of anilines is 1. The number of carbonyl (C=O) groups is 2. The SMILES string of the molecule is CCOC(=O)C1C2Oc3cc(Cl)c(Oc4ccnc5c4CCC(=O)N5)cc3[C@@H]21. The Hall–Kier alpha value is -2.80. The molecular weight excluding hydrogens is 384 g/mol. The summed E-state index contributed by atoms with van der Waals surface area (Å²) in [6.45, 7) is 2.13. The number of carbonyl (C=O) groups excluding carboxylic acids is 2. The fraction of sp³-hybridized carbons (Fsp3) is 0.350. The van der Waals surface area contributed by atoms with E-state index < -0.39 is 0 Å². The van der Waals surface area contributed by atoms with Crippen molar-refractivity contribution >= 4 is 29.3 Å². The highest BCUT2D eigenvalue weighted by molar-refractivity contribution is 6.32. The molecule has 1 N–H and O–H groups in total. The fourth-order valence-corrected chi connectivity index (χ4v) is 4.12. The summed E-state index contributed by atoms with van der Waals surface area (Å²) in [6, 6.07) is 5.30. The minimum absolute atomic E-state index is 0.0284. The first-order valence-corrected chi connectivity index (χ1v) is 9.57. The molecule has 28 heavy (non-hydrogen) atoms. The van der Waals surface area contributed by atoms with Crippen LogP contribution in [0.25, 0.3) is 0 Å². The Labute approximate surface area is 165 Å². The molecule has 0 spiro atoms. The second-order valence-corrected chi connectivity index (χ2v) is 7.40. The van der Waals surface area contributed by atoms with Gasteiger partial charge in [-0.15, -0.1) is 0 Å². The summed E-state index contributed by atoms with van der Waals surface area (Å²) < 4.78 is 17.1. The van der Waals surface area contributed by atoms with Crippen LogP contribution in [0.2, 0.25) is 5.02 Å². The molecular formula is C20H17ClN2O5. The van der Waals surface area contributed by atoms with Gasteiger partial charge >= 0.3 is 5.97 Å². The number of nitrogens with one attached hydrogen (secondary N) is 1. The lowest BCUT2D eigenvalue weighted by molar-refractivity contribution is -0.145. The molecule has 5 rings (SSSR count). The van der Waals surface area contributed by atoms with Crippen LogP contribution in [0.1, 0.15) is 30.4 Å². The number of aromatic nitrogens is 1. The number of benzene rings is 1. The maximum atomic E-state index is 12.1. The molecule has 3 heterocycles. The number of nitrogens with zero attached hydrogens (tertiary/aromatic N) is 1. The topological polar surface area (TPSA) is 86.8 Å². The summed E-state index contributed by atoms with van der Waals surface area (Å²) in [5.41, 5.74) is 1.74. The molecule has 0 radical (unpaired) electrons. The maximum absolute atomic E-state index is 12.1. The second-order valence-electron chi connectivity index (χ2n) is 6.99. The van der Waals surface area contributed by atoms with E-state index in [2.05, 4.69) is 10.3 Å². The van der Waals surface area contributed by atoms with E-state index >= 15 is 0 Å². The maximum Gasteiger partial charge on any atom is 0.313 e. The second kappa shape index (κ2) is 6.38. The number of rotatable bonds is 4. The van der Waals surface area contributed by atoms with Crippen LogP contribution in [0.15, 0.2) is 24.4 Å². The lowest BCUT2D eigenvalue weighted by atomic mass is 10.1. The summed E-state index contributed by atoms with van der Waals surface area (Å²) in [6.07, 6.45) is 2.32. The highest BCUT2D eigenvalue weighted by Crippen LogP contribution is 2.60. The minimum Gasteiger partial charge on any atom is -0.488 e. The standard InChI is InChI=1S/C20H17ClN2O5/c1-2-26-20(25)17-16-10-7-14(11(21)8-13(10)28-18(16)17)27-12-5-6-22-19-9(12)3-4-15(24)23-19/h5-8,16-18H,2-4H2,1H3,(H,22,23,24)/t16-,17?,18?/m1/s1. The molecule has 1 aromatic carbocycles. The molecule has 1 fully saturated rings. The molecule has 1 aliphatic carbocycles. The monoisotopic (exact) mass is 400 g/mol. The van der Waals surface area contributed by atoms with Gasteiger partial charge in [-0.3, -0.25) is 9.59 Å². The third kappa shape index (κ3) is 2.69. The zero-order valence-corrected chi connectivity index (χ0v) is 15.8. The zero-order valence-electron chi connectivity index (χ0n) is 15.0. The smallest absolute Gasteiger partial charge is 0.313 e. The summed E-state index contributed by atoms with van der Waals surface area (Å²) in [4.78, 5) is 27.8. The number of esters is 1. The molecule has 8 heteroatoms. The van der Waals surface area contributed by atoms with E-state index in [4.69, 9.17) is 25.8 Å². The first kappa shape index (κ1) is 17.3. The van der Waals surface area contributed by atoms with Crippen molar-refractivity contribution in [1.29, 1.82) is 0 Å². The van der Waals surface area contributed by atoms with Crippen LogP contribution in [0.5, 0.6) is 17.2 Å². The average Bonchev–Trinajstić information content (AvgIpc) is 3.27. The number of hydrogen-bond acceptors (Lipinski definition) is 6. The van der Waals surface area contributed by atoms with Crippen molar-refractivity contribution in [1.82, 2.24) is 4.98 Å². The summed E-state index contributed by atoms with van der Waals surface area (Å²) >= 11 is 6.39. The van der Waals surface area contributed by atoms with Crippen molar-refractivity contribution in [3.63, 3.8) is 0 Å². The molecule has 3 atom stereocenters. The highest BCUT2D eigenvalue weighted by Gasteiger charge is 2.63. The van der Waals surface area contributed by atoms with Crippen LogP contribution in [0.3, 0.4) is 0 Å². The molecule has 1 aromatic heterocycles. The van der Waals surface area contributed by atoms with Gasteiger partial charge in [-0.1, -0.05) is 11.6 Å². The Balaban J connectivity index is 1.44. The lowest BCUT2D eigenvalue weighted by Crippen LogP contribution is -2.20. The average molecular weight is 401 g/mol. The van der Waals surface area contributed by atoms with Gasteiger partial charge in [0, 0.05) is 35.7 Å². The highest BCUT2D eigenvalue weighted by atomic mass is 35.5. The number of halogens is 1. The van der Waals surface area contributed by atoms with E-state index in [9.17, 15) is 9.59 Å². The van der Waals surface area contributed by atoms with Gasteiger partial charge < -0.3 is 19.5 Å². The van der Waals surface area contributed by atoms with E-state index in [-0.39, 0.29) is 29.8 Å². The normalized spacial score (nSPS) is 23.6. The fourth-order valence-electron chi connectivity index (χ4n) is 3.93. The van der Waals surface area contributed by atoms with E-state index in [0.717, 1.165) is 11.1 Å². The van der Waals surface area contributed by atoms with Crippen molar-refractivity contribution in [2.24, 2.45) is 5.92 Å². The first-order chi connectivity index (χ1) is 13.6. The number of ether oxygens (including phenoxy) is 3. The van der Waals surface area contributed by atoms with Gasteiger partial charge in [0.25, 0.3) is 0 Å². The Morgan fingerprint density at radius 2 is 2.21 bits per heavy atom. The molecule has 2 unspecified atom stereocenters. The number of fused-ring (bicyclic) bond motifs is 4. The third-order valence-corrected chi connectivity index (χ3v) is 5.59. The van der Waals surface area contributed by atoms with Crippen LogP contribution in [-0.2, 0) is 20.7 Å². The van der Waals surface area contributed by atoms with Crippen LogP contribution in [0.4, 0.5) is 5.82 Å².